The fourth-order valence-corrected chi connectivity index (χ4v) is 4.01. The molecule has 1 saturated heterocycles. The van der Waals surface area contributed by atoms with Crippen LogP contribution in [0, 0.1) is 30.1 Å². The maximum absolute atomic E-state index is 9.55. The zero-order valence-electron chi connectivity index (χ0n) is 17.5. The van der Waals surface area contributed by atoms with E-state index in [2.05, 4.69) is 50.5 Å². The van der Waals surface area contributed by atoms with Gasteiger partial charge in [-0.2, -0.15) is 5.26 Å². The summed E-state index contributed by atoms with van der Waals surface area (Å²) in [6.45, 7) is 7.99. The fraction of sp³-hybridized carbons (Fsp3) is 0.409. The van der Waals surface area contributed by atoms with Crippen molar-refractivity contribution in [2.75, 3.05) is 36.5 Å². The van der Waals surface area contributed by atoms with Gasteiger partial charge in [0.05, 0.1) is 36.0 Å². The van der Waals surface area contributed by atoms with Crippen molar-refractivity contribution in [2.45, 2.75) is 19.4 Å². The highest BCUT2D eigenvalue weighted by atomic mass is 35.5. The summed E-state index contributed by atoms with van der Waals surface area (Å²) in [5.41, 5.74) is 3.43. The van der Waals surface area contributed by atoms with Gasteiger partial charge >= 0.3 is 0 Å². The first kappa shape index (κ1) is 21.2. The Balaban J connectivity index is 0.00000112. The van der Waals surface area contributed by atoms with Crippen LogP contribution in [0.5, 0.6) is 0 Å². The van der Waals surface area contributed by atoms with Crippen molar-refractivity contribution in [1.29, 1.82) is 5.26 Å². The molecular weight excluding hydrogens is 414 g/mol. The first-order chi connectivity index (χ1) is 15.1. The molecule has 3 heterocycles. The number of nitriles is 1. The molecule has 5 rings (SSSR count). The highest BCUT2D eigenvalue weighted by molar-refractivity contribution is 6.15. The molecule has 0 bridgehead atoms. The van der Waals surface area contributed by atoms with Crippen molar-refractivity contribution in [3.05, 3.63) is 53.9 Å². The lowest BCUT2D eigenvalue weighted by atomic mass is 10.0. The largest absolute Gasteiger partial charge is 0.362 e. The number of rotatable bonds is 5. The second-order valence-corrected chi connectivity index (χ2v) is 7.58. The van der Waals surface area contributed by atoms with Crippen molar-refractivity contribution in [3.63, 3.8) is 0 Å². The normalized spacial score (nSPS) is 23.2. The molecule has 2 fully saturated rings. The predicted molar refractivity (Wildman–Crippen MR) is 120 cm³/mol. The quantitative estimate of drug-likeness (QED) is 0.562. The zero-order chi connectivity index (χ0) is 22.0. The Morgan fingerprint density at radius 3 is 2.84 bits per heavy atom. The van der Waals surface area contributed by atoms with Crippen LogP contribution in [0.4, 0.5) is 11.6 Å². The van der Waals surface area contributed by atoms with Crippen LogP contribution in [0.15, 0.2) is 36.7 Å². The second kappa shape index (κ2) is 9.00. The third-order valence-corrected chi connectivity index (χ3v) is 5.68. The van der Waals surface area contributed by atoms with Crippen LogP contribution in [-0.2, 0) is 4.74 Å². The average molecular weight is 438 g/mol. The summed E-state index contributed by atoms with van der Waals surface area (Å²) in [5, 5.41) is 13.0. The van der Waals surface area contributed by atoms with E-state index in [4.69, 9.17) is 14.7 Å². The van der Waals surface area contributed by atoms with Crippen LogP contribution in [0.3, 0.4) is 0 Å². The first-order valence-corrected chi connectivity index (χ1v) is 10.8. The molecule has 31 heavy (non-hydrogen) atoms. The van der Waals surface area contributed by atoms with Crippen LogP contribution in [0.1, 0.15) is 23.6 Å². The number of fused-ring (bicyclic) bond motifs is 1. The van der Waals surface area contributed by atoms with Crippen molar-refractivity contribution in [2.24, 2.45) is 11.8 Å². The molecule has 0 spiro atoms. The van der Waals surface area contributed by atoms with Crippen LogP contribution in [0.2, 0.25) is 0 Å². The number of anilines is 2. The number of aromatic nitrogens is 4. The minimum atomic E-state index is -0.0487. The summed E-state index contributed by atoms with van der Waals surface area (Å²) >= 11 is 4.64. The van der Waals surface area contributed by atoms with Gasteiger partial charge in [0.15, 0.2) is 5.82 Å². The number of ether oxygens (including phenoxy) is 1. The summed E-state index contributed by atoms with van der Waals surface area (Å²) < 4.78 is 5.49. The molecule has 1 N–H and O–H groups in total. The van der Waals surface area contributed by atoms with Gasteiger partial charge < -0.3 is 15.0 Å². The second-order valence-electron chi connectivity index (χ2n) is 7.58. The van der Waals surface area contributed by atoms with Gasteiger partial charge in [-0.05, 0) is 13.3 Å². The summed E-state index contributed by atoms with van der Waals surface area (Å²) in [4.78, 5) is 20.2. The van der Waals surface area contributed by atoms with E-state index in [1.807, 2.05) is 13.0 Å². The number of alkyl halides is 1. The lowest BCUT2D eigenvalue weighted by Gasteiger charge is -2.21. The fourth-order valence-electron chi connectivity index (χ4n) is 4.01. The lowest BCUT2D eigenvalue weighted by molar-refractivity contribution is 0.201. The van der Waals surface area contributed by atoms with E-state index in [-0.39, 0.29) is 12.0 Å². The van der Waals surface area contributed by atoms with E-state index in [0.717, 1.165) is 24.5 Å². The summed E-state index contributed by atoms with van der Waals surface area (Å²) in [7, 11) is 0. The Morgan fingerprint density at radius 2 is 2.13 bits per heavy atom. The Hall–Kier alpha value is -3.02. The lowest BCUT2D eigenvalue weighted by Crippen LogP contribution is -2.27. The third-order valence-electron chi connectivity index (χ3n) is 5.68. The van der Waals surface area contributed by atoms with Crippen molar-refractivity contribution >= 4 is 28.8 Å². The van der Waals surface area contributed by atoms with Gasteiger partial charge in [0.1, 0.15) is 18.4 Å². The highest BCUT2D eigenvalue weighted by Gasteiger charge is 2.47. The number of nitrogens with one attached hydrogen (secondary N) is 1. The molecule has 3 atom stereocenters. The SMILES string of the molecule is C=C(c1nc(NC2C=C3CC3C2C#N)cc(N2CCOC2)n1)c1nccnc1C.CCl. The monoisotopic (exact) mass is 437 g/mol. The molecular formula is C22H24ClN7O. The van der Waals surface area contributed by atoms with Gasteiger partial charge in [-0.25, -0.2) is 9.97 Å². The van der Waals surface area contributed by atoms with E-state index in [9.17, 15) is 5.26 Å². The number of allylic oxidation sites excluding steroid dienone is 1. The predicted octanol–water partition coefficient (Wildman–Crippen LogP) is 3.17. The van der Waals surface area contributed by atoms with Crippen LogP contribution in [-0.4, -0.2) is 52.2 Å². The minimum absolute atomic E-state index is 0.0364. The smallest absolute Gasteiger partial charge is 0.165 e. The molecule has 0 amide bonds. The van der Waals surface area contributed by atoms with E-state index < -0.39 is 0 Å². The van der Waals surface area contributed by atoms with Crippen molar-refractivity contribution < 1.29 is 4.74 Å². The molecule has 0 aromatic carbocycles. The number of halogens is 1. The Bertz CT molecular complexity index is 1060. The molecule has 160 valence electrons. The summed E-state index contributed by atoms with van der Waals surface area (Å²) in [6, 6.07) is 4.31. The molecule has 2 aliphatic carbocycles. The van der Waals surface area contributed by atoms with Gasteiger partial charge in [0, 0.05) is 42.9 Å². The standard InChI is InChI=1S/C21H21N7O.CH3Cl/c1-12(20-13(2)23-3-4-24-20)21-26-18(9-19(27-21)28-5-6-29-11-28)25-17-8-14-7-15(14)16(17)10-22;1-2/h3-4,8-9,15-17H,1,5-7,11H2,2H3,(H,25,26,27);1H3. The summed E-state index contributed by atoms with van der Waals surface area (Å²) in [5.74, 6) is 2.28. The van der Waals surface area contributed by atoms with E-state index in [1.54, 1.807) is 12.4 Å². The van der Waals surface area contributed by atoms with Crippen molar-refractivity contribution in [1.82, 2.24) is 19.9 Å². The van der Waals surface area contributed by atoms with E-state index in [1.165, 1.54) is 12.0 Å². The molecule has 1 saturated carbocycles. The summed E-state index contributed by atoms with van der Waals surface area (Å²) in [6.07, 6.45) is 7.98. The molecule has 3 unspecified atom stereocenters. The number of hydrogen-bond acceptors (Lipinski definition) is 8. The van der Waals surface area contributed by atoms with Crippen LogP contribution >= 0.6 is 11.6 Å². The topological polar surface area (TPSA) is 99.9 Å². The van der Waals surface area contributed by atoms with Crippen LogP contribution < -0.4 is 10.2 Å². The minimum Gasteiger partial charge on any atom is -0.362 e. The molecule has 2 aromatic heterocycles. The number of hydrogen-bond donors (Lipinski definition) is 1. The molecule has 1 aliphatic heterocycles. The number of aryl methyl sites for hydroxylation is 1. The molecule has 3 aliphatic rings. The highest BCUT2D eigenvalue weighted by Crippen LogP contribution is 2.51. The maximum atomic E-state index is 9.55. The Labute approximate surface area is 186 Å². The van der Waals surface area contributed by atoms with Crippen molar-refractivity contribution in [3.8, 4) is 6.07 Å². The molecule has 8 nitrogen and oxygen atoms in total. The molecule has 0 radical (unpaired) electrons. The van der Waals surface area contributed by atoms with Gasteiger partial charge in [0.25, 0.3) is 0 Å². The first-order valence-electron chi connectivity index (χ1n) is 10.1. The van der Waals surface area contributed by atoms with Gasteiger partial charge in [-0.15, -0.1) is 11.6 Å². The average Bonchev–Trinajstić information content (AvgIpc) is 3.20. The van der Waals surface area contributed by atoms with Gasteiger partial charge in [-0.1, -0.05) is 18.2 Å². The van der Waals surface area contributed by atoms with E-state index >= 15 is 0 Å². The van der Waals surface area contributed by atoms with Gasteiger partial charge in [-0.3, -0.25) is 9.97 Å². The third kappa shape index (κ3) is 4.24. The Kier molecular flexibility index (Phi) is 6.16. The Morgan fingerprint density at radius 1 is 1.32 bits per heavy atom. The van der Waals surface area contributed by atoms with E-state index in [0.29, 0.717) is 42.2 Å². The maximum Gasteiger partial charge on any atom is 0.165 e. The molecule has 2 aromatic rings. The molecule has 9 heteroatoms. The zero-order valence-corrected chi connectivity index (χ0v) is 18.3. The number of nitrogens with zero attached hydrogens (tertiary/aromatic N) is 6. The van der Waals surface area contributed by atoms with Gasteiger partial charge in [0.2, 0.25) is 0 Å². The van der Waals surface area contributed by atoms with Crippen LogP contribution in [0.25, 0.3) is 5.57 Å².